The van der Waals surface area contributed by atoms with Gasteiger partial charge in [-0.25, -0.2) is 4.39 Å². The molecule has 1 aliphatic heterocycles. The van der Waals surface area contributed by atoms with Crippen LogP contribution < -0.4 is 5.32 Å². The van der Waals surface area contributed by atoms with Crippen molar-refractivity contribution in [3.05, 3.63) is 47.8 Å². The summed E-state index contributed by atoms with van der Waals surface area (Å²) in [5.41, 5.74) is 0.752. The van der Waals surface area contributed by atoms with E-state index in [0.717, 1.165) is 10.5 Å². The number of hydrogen-bond donors (Lipinski definition) is 1. The highest BCUT2D eigenvalue weighted by atomic mass is 19.1. The molecule has 0 radical (unpaired) electrons. The lowest BCUT2D eigenvalue weighted by atomic mass is 9.85. The van der Waals surface area contributed by atoms with Gasteiger partial charge in [-0.15, -0.1) is 0 Å². The summed E-state index contributed by atoms with van der Waals surface area (Å²) in [4.78, 5) is 37.9. The van der Waals surface area contributed by atoms with E-state index in [1.54, 1.807) is 19.1 Å². The van der Waals surface area contributed by atoms with Crippen LogP contribution in [0.25, 0.3) is 0 Å². The van der Waals surface area contributed by atoms with Gasteiger partial charge >= 0.3 is 0 Å². The van der Waals surface area contributed by atoms with Gasteiger partial charge in [-0.1, -0.05) is 24.3 Å². The Kier molecular flexibility index (Phi) is 4.46. The summed E-state index contributed by atoms with van der Waals surface area (Å²) in [7, 11) is 0. The van der Waals surface area contributed by atoms with Crippen molar-refractivity contribution in [3.63, 3.8) is 0 Å². The number of nitrogens with one attached hydrogen (secondary N) is 1. The predicted molar refractivity (Wildman–Crippen MR) is 85.0 cm³/mol. The van der Waals surface area contributed by atoms with Gasteiger partial charge in [0.25, 0.3) is 0 Å². The molecule has 24 heavy (non-hydrogen) atoms. The molecule has 3 atom stereocenters. The number of nitrogens with zero attached hydrogens (tertiary/aromatic N) is 1. The maximum absolute atomic E-state index is 12.9. The number of carbonyl (C=O) groups is 3. The number of imide groups is 1. The number of rotatable bonds is 4. The first-order valence-electron chi connectivity index (χ1n) is 8.02. The Balaban J connectivity index is 1.61. The number of carbonyl (C=O) groups excluding carboxylic acids is 3. The molecule has 0 saturated carbocycles. The fraction of sp³-hybridized carbons (Fsp3) is 0.389. The highest BCUT2D eigenvalue weighted by Gasteiger charge is 2.47. The van der Waals surface area contributed by atoms with Crippen LogP contribution in [0.5, 0.6) is 0 Å². The minimum absolute atomic E-state index is 0.265. The van der Waals surface area contributed by atoms with Crippen molar-refractivity contribution in [3.8, 4) is 0 Å². The van der Waals surface area contributed by atoms with Crippen molar-refractivity contribution in [1.82, 2.24) is 10.2 Å². The molecule has 1 aliphatic carbocycles. The van der Waals surface area contributed by atoms with Gasteiger partial charge in [-0.2, -0.15) is 0 Å². The Bertz CT molecular complexity index is 673. The molecule has 0 spiro atoms. The largest absolute Gasteiger partial charge is 0.348 e. The van der Waals surface area contributed by atoms with Crippen molar-refractivity contribution < 1.29 is 18.8 Å². The van der Waals surface area contributed by atoms with E-state index in [2.05, 4.69) is 5.32 Å². The topological polar surface area (TPSA) is 66.5 Å². The van der Waals surface area contributed by atoms with Crippen molar-refractivity contribution >= 4 is 17.7 Å². The summed E-state index contributed by atoms with van der Waals surface area (Å²) in [5, 5.41) is 2.74. The van der Waals surface area contributed by atoms with E-state index in [-0.39, 0.29) is 42.1 Å². The first kappa shape index (κ1) is 16.4. The summed E-state index contributed by atoms with van der Waals surface area (Å²) in [6.45, 7) is 1.50. The first-order chi connectivity index (χ1) is 11.5. The molecule has 5 nitrogen and oxygen atoms in total. The zero-order valence-electron chi connectivity index (χ0n) is 13.4. The quantitative estimate of drug-likeness (QED) is 0.678. The molecule has 1 heterocycles. The van der Waals surface area contributed by atoms with Crippen LogP contribution in [0.1, 0.15) is 31.4 Å². The average molecular weight is 330 g/mol. The lowest BCUT2D eigenvalue weighted by Gasteiger charge is -2.18. The van der Waals surface area contributed by atoms with E-state index < -0.39 is 5.91 Å². The molecule has 0 aromatic heterocycles. The van der Waals surface area contributed by atoms with Crippen molar-refractivity contribution in [2.75, 3.05) is 6.54 Å². The number of benzene rings is 1. The highest BCUT2D eigenvalue weighted by Crippen LogP contribution is 2.34. The fourth-order valence-electron chi connectivity index (χ4n) is 3.29. The molecule has 3 rings (SSSR count). The number of amides is 3. The van der Waals surface area contributed by atoms with Crippen LogP contribution in [0.2, 0.25) is 0 Å². The van der Waals surface area contributed by atoms with Gasteiger partial charge in [0.15, 0.2) is 0 Å². The molecule has 1 fully saturated rings. The normalized spacial score (nSPS) is 24.0. The molecule has 2 aliphatic rings. The summed E-state index contributed by atoms with van der Waals surface area (Å²) < 4.78 is 12.9. The second-order valence-corrected chi connectivity index (χ2v) is 6.26. The van der Waals surface area contributed by atoms with Gasteiger partial charge in [-0.05, 0) is 37.5 Å². The third kappa shape index (κ3) is 3.09. The molecule has 6 heteroatoms. The smallest absolute Gasteiger partial charge is 0.240 e. The van der Waals surface area contributed by atoms with Crippen LogP contribution in [0.15, 0.2) is 36.4 Å². The first-order valence-corrected chi connectivity index (χ1v) is 8.02. The van der Waals surface area contributed by atoms with E-state index in [1.165, 1.54) is 12.1 Å². The van der Waals surface area contributed by atoms with E-state index >= 15 is 0 Å². The van der Waals surface area contributed by atoms with Gasteiger partial charge in [0.1, 0.15) is 12.4 Å². The Morgan fingerprint density at radius 2 is 1.71 bits per heavy atom. The van der Waals surface area contributed by atoms with Crippen LogP contribution in [0, 0.1) is 17.7 Å². The molecule has 126 valence electrons. The number of fused-ring (bicyclic) bond motifs is 1. The zero-order chi connectivity index (χ0) is 17.3. The third-order valence-corrected chi connectivity index (χ3v) is 4.65. The predicted octanol–water partition coefficient (Wildman–Crippen LogP) is 1.95. The zero-order valence-corrected chi connectivity index (χ0v) is 13.4. The van der Waals surface area contributed by atoms with Crippen molar-refractivity contribution in [1.29, 1.82) is 0 Å². The Morgan fingerprint density at radius 1 is 1.17 bits per heavy atom. The van der Waals surface area contributed by atoms with E-state index in [9.17, 15) is 18.8 Å². The van der Waals surface area contributed by atoms with Crippen LogP contribution in [-0.4, -0.2) is 29.2 Å². The molecule has 3 amide bonds. The second-order valence-electron chi connectivity index (χ2n) is 6.26. The molecule has 1 saturated heterocycles. The molecule has 0 unspecified atom stereocenters. The van der Waals surface area contributed by atoms with Gasteiger partial charge in [0, 0.05) is 0 Å². The van der Waals surface area contributed by atoms with Crippen LogP contribution in [0.3, 0.4) is 0 Å². The average Bonchev–Trinajstić information content (AvgIpc) is 2.81. The molecular weight excluding hydrogens is 311 g/mol. The summed E-state index contributed by atoms with van der Waals surface area (Å²) in [6, 6.07) is 5.49. The Morgan fingerprint density at radius 3 is 2.25 bits per heavy atom. The van der Waals surface area contributed by atoms with Crippen molar-refractivity contribution in [2.24, 2.45) is 11.8 Å². The molecule has 0 bridgehead atoms. The number of allylic oxidation sites excluding steroid dienone is 2. The van der Waals surface area contributed by atoms with Gasteiger partial charge < -0.3 is 5.32 Å². The summed E-state index contributed by atoms with van der Waals surface area (Å²) in [6.07, 6.45) is 4.93. The second kappa shape index (κ2) is 6.55. The lowest BCUT2D eigenvalue weighted by molar-refractivity contribution is -0.143. The number of halogens is 1. The van der Waals surface area contributed by atoms with E-state index in [0.29, 0.717) is 12.8 Å². The van der Waals surface area contributed by atoms with Crippen LogP contribution >= 0.6 is 0 Å². The monoisotopic (exact) mass is 330 g/mol. The summed E-state index contributed by atoms with van der Waals surface area (Å²) >= 11 is 0. The maximum atomic E-state index is 12.9. The van der Waals surface area contributed by atoms with Crippen LogP contribution in [0.4, 0.5) is 4.39 Å². The SMILES string of the molecule is C[C@H](NC(=O)CN1C(=O)[C@H]2CC=CC[C@H]2C1=O)c1ccc(F)cc1. The Labute approximate surface area is 139 Å². The third-order valence-electron chi connectivity index (χ3n) is 4.65. The maximum Gasteiger partial charge on any atom is 0.240 e. The Hall–Kier alpha value is -2.50. The molecular formula is C18H19FN2O3. The molecule has 1 aromatic rings. The van der Waals surface area contributed by atoms with Gasteiger partial charge in [0.05, 0.1) is 17.9 Å². The molecule has 1 N–H and O–H groups in total. The number of hydrogen-bond acceptors (Lipinski definition) is 3. The minimum atomic E-state index is -0.403. The van der Waals surface area contributed by atoms with Gasteiger partial charge in [0.2, 0.25) is 17.7 Å². The lowest BCUT2D eigenvalue weighted by Crippen LogP contribution is -2.41. The number of likely N-dealkylation sites (tertiary alicyclic amines) is 1. The van der Waals surface area contributed by atoms with Crippen LogP contribution in [-0.2, 0) is 14.4 Å². The standard InChI is InChI=1S/C18H19FN2O3/c1-11(12-6-8-13(19)9-7-12)20-16(22)10-21-17(23)14-4-2-3-5-15(14)18(21)24/h2-3,6-9,11,14-15H,4-5,10H2,1H3,(H,20,22)/t11-,14-,15+/m0/s1. The highest BCUT2D eigenvalue weighted by molar-refractivity contribution is 6.07. The summed E-state index contributed by atoms with van der Waals surface area (Å²) in [5.74, 6) is -1.94. The minimum Gasteiger partial charge on any atom is -0.348 e. The fourth-order valence-corrected chi connectivity index (χ4v) is 3.29. The van der Waals surface area contributed by atoms with Gasteiger partial charge in [-0.3, -0.25) is 19.3 Å². The molecule has 1 aromatic carbocycles. The van der Waals surface area contributed by atoms with E-state index in [1.807, 2.05) is 12.2 Å². The van der Waals surface area contributed by atoms with Crippen molar-refractivity contribution in [2.45, 2.75) is 25.8 Å². The van der Waals surface area contributed by atoms with E-state index in [4.69, 9.17) is 0 Å².